The minimum Gasteiger partial charge on any atom is -0.465 e. The first kappa shape index (κ1) is 16.8. The number of hydrogen-bond acceptors (Lipinski definition) is 3. The topological polar surface area (TPSA) is 39.2 Å². The lowest BCUT2D eigenvalue weighted by Gasteiger charge is -2.13. The van der Waals surface area contributed by atoms with Gasteiger partial charge < -0.3 is 4.74 Å². The number of aromatic nitrogens is 1. The maximum atomic E-state index is 14.3. The van der Waals surface area contributed by atoms with Crippen LogP contribution in [0, 0.1) is 11.6 Å². The molecule has 0 saturated heterocycles. The summed E-state index contributed by atoms with van der Waals surface area (Å²) < 4.78 is 33.2. The van der Waals surface area contributed by atoms with Crippen LogP contribution in [0.3, 0.4) is 0 Å². The van der Waals surface area contributed by atoms with Crippen LogP contribution in [0.1, 0.15) is 22.8 Å². The number of allylic oxidation sites excluding steroid dienone is 1. The highest BCUT2D eigenvalue weighted by Gasteiger charge is 2.18. The third-order valence-corrected chi connectivity index (χ3v) is 3.97. The van der Waals surface area contributed by atoms with Crippen LogP contribution in [0.5, 0.6) is 0 Å². The number of pyridine rings is 1. The van der Waals surface area contributed by atoms with Crippen molar-refractivity contribution in [2.75, 3.05) is 7.11 Å². The van der Waals surface area contributed by atoms with Crippen LogP contribution in [0.4, 0.5) is 8.78 Å². The van der Waals surface area contributed by atoms with Crippen molar-refractivity contribution < 1.29 is 18.3 Å². The summed E-state index contributed by atoms with van der Waals surface area (Å²) in [5, 5.41) is 1.15. The summed E-state index contributed by atoms with van der Waals surface area (Å²) >= 11 is 0. The summed E-state index contributed by atoms with van der Waals surface area (Å²) in [7, 11) is 1.27. The molecular formula is C20H15F2NO2. The molecular weight excluding hydrogens is 324 g/mol. The molecule has 3 rings (SSSR count). The summed E-state index contributed by atoms with van der Waals surface area (Å²) in [6, 6.07) is 8.46. The van der Waals surface area contributed by atoms with Gasteiger partial charge in [-0.1, -0.05) is 18.7 Å². The standard InChI is InChI=1S/C20H15F2NO2/c1-11(2)15-10-23-19(18-16(21)5-4-6-17(18)22)14-9-12(20(24)25-3)7-8-13(14)15/h4-10H,1H2,2-3H3. The van der Waals surface area contributed by atoms with Gasteiger partial charge in [0.1, 0.15) is 11.6 Å². The zero-order chi connectivity index (χ0) is 18.1. The number of ether oxygens (including phenoxy) is 1. The van der Waals surface area contributed by atoms with E-state index in [0.29, 0.717) is 10.8 Å². The summed E-state index contributed by atoms with van der Waals surface area (Å²) in [5.41, 5.74) is 1.66. The van der Waals surface area contributed by atoms with E-state index in [2.05, 4.69) is 11.6 Å². The lowest BCUT2D eigenvalue weighted by atomic mass is 9.96. The van der Waals surface area contributed by atoms with Crippen LogP contribution in [-0.2, 0) is 4.74 Å². The van der Waals surface area contributed by atoms with Gasteiger partial charge in [0, 0.05) is 17.1 Å². The fourth-order valence-corrected chi connectivity index (χ4v) is 2.75. The minimum atomic E-state index is -0.722. The molecule has 126 valence electrons. The van der Waals surface area contributed by atoms with E-state index in [1.54, 1.807) is 12.1 Å². The predicted molar refractivity (Wildman–Crippen MR) is 93.1 cm³/mol. The smallest absolute Gasteiger partial charge is 0.337 e. The van der Waals surface area contributed by atoms with Gasteiger partial charge in [-0.2, -0.15) is 0 Å². The van der Waals surface area contributed by atoms with E-state index >= 15 is 0 Å². The average Bonchev–Trinajstić information content (AvgIpc) is 2.60. The van der Waals surface area contributed by atoms with Crippen molar-refractivity contribution in [3.05, 3.63) is 71.9 Å². The normalized spacial score (nSPS) is 10.7. The number of methoxy groups -OCH3 is 1. The molecule has 0 aliphatic rings. The number of halogens is 2. The van der Waals surface area contributed by atoms with Crippen molar-refractivity contribution in [1.29, 1.82) is 0 Å². The molecule has 0 aliphatic carbocycles. The summed E-state index contributed by atoms with van der Waals surface area (Å²) in [6.07, 6.45) is 1.53. The molecule has 0 saturated carbocycles. The van der Waals surface area contributed by atoms with Gasteiger partial charge in [-0.3, -0.25) is 4.98 Å². The van der Waals surface area contributed by atoms with Gasteiger partial charge in [-0.25, -0.2) is 13.6 Å². The number of carbonyl (C=O) groups is 1. The summed E-state index contributed by atoms with van der Waals surface area (Å²) in [4.78, 5) is 16.1. The lowest BCUT2D eigenvalue weighted by molar-refractivity contribution is 0.0601. The summed E-state index contributed by atoms with van der Waals surface area (Å²) in [6.45, 7) is 5.72. The maximum Gasteiger partial charge on any atom is 0.337 e. The van der Waals surface area contributed by atoms with Gasteiger partial charge in [0.25, 0.3) is 0 Å². The number of benzene rings is 2. The van der Waals surface area contributed by atoms with Crippen LogP contribution in [-0.4, -0.2) is 18.1 Å². The second kappa shape index (κ2) is 6.43. The zero-order valence-electron chi connectivity index (χ0n) is 13.8. The highest BCUT2D eigenvalue weighted by Crippen LogP contribution is 2.34. The molecule has 0 radical (unpaired) electrons. The van der Waals surface area contributed by atoms with Crippen molar-refractivity contribution in [3.8, 4) is 11.3 Å². The Morgan fingerprint density at radius 3 is 2.40 bits per heavy atom. The van der Waals surface area contributed by atoms with E-state index in [-0.39, 0.29) is 16.8 Å². The molecule has 1 aromatic heterocycles. The predicted octanol–water partition coefficient (Wildman–Crippen LogP) is 5.00. The Labute approximate surface area is 143 Å². The molecule has 2 aromatic carbocycles. The van der Waals surface area contributed by atoms with Gasteiger partial charge in [-0.15, -0.1) is 0 Å². The molecule has 25 heavy (non-hydrogen) atoms. The van der Waals surface area contributed by atoms with Gasteiger partial charge in [0.15, 0.2) is 0 Å². The Hall–Kier alpha value is -3.08. The van der Waals surface area contributed by atoms with E-state index in [4.69, 9.17) is 4.74 Å². The zero-order valence-corrected chi connectivity index (χ0v) is 13.8. The van der Waals surface area contributed by atoms with Crippen LogP contribution in [0.15, 0.2) is 49.2 Å². The first-order valence-electron chi connectivity index (χ1n) is 7.55. The van der Waals surface area contributed by atoms with Crippen molar-refractivity contribution in [1.82, 2.24) is 4.98 Å². The Balaban J connectivity index is 2.41. The van der Waals surface area contributed by atoms with Crippen LogP contribution in [0.25, 0.3) is 27.6 Å². The third-order valence-electron chi connectivity index (χ3n) is 3.97. The molecule has 5 heteroatoms. The molecule has 0 spiro atoms. The van der Waals surface area contributed by atoms with Gasteiger partial charge in [0.2, 0.25) is 0 Å². The Morgan fingerprint density at radius 1 is 1.12 bits per heavy atom. The molecule has 0 aliphatic heterocycles. The molecule has 0 fully saturated rings. The highest BCUT2D eigenvalue weighted by molar-refractivity contribution is 6.04. The first-order valence-corrected chi connectivity index (χ1v) is 7.55. The highest BCUT2D eigenvalue weighted by atomic mass is 19.1. The van der Waals surface area contributed by atoms with Gasteiger partial charge >= 0.3 is 5.97 Å². The molecule has 0 N–H and O–H groups in total. The quantitative estimate of drug-likeness (QED) is 0.630. The fraction of sp³-hybridized carbons (Fsp3) is 0.100. The molecule has 3 nitrogen and oxygen atoms in total. The number of nitrogens with zero attached hydrogens (tertiary/aromatic N) is 1. The molecule has 0 atom stereocenters. The Morgan fingerprint density at radius 2 is 1.80 bits per heavy atom. The van der Waals surface area contributed by atoms with E-state index in [0.717, 1.165) is 11.1 Å². The fourth-order valence-electron chi connectivity index (χ4n) is 2.75. The van der Waals surface area contributed by atoms with Gasteiger partial charge in [0.05, 0.1) is 23.9 Å². The van der Waals surface area contributed by atoms with Crippen LogP contribution < -0.4 is 0 Å². The SMILES string of the molecule is C=C(C)c1cnc(-c2c(F)cccc2F)c2cc(C(=O)OC)ccc12. The van der Waals surface area contributed by atoms with Crippen molar-refractivity contribution in [2.45, 2.75) is 6.92 Å². The number of fused-ring (bicyclic) bond motifs is 1. The number of carbonyl (C=O) groups excluding carboxylic acids is 1. The average molecular weight is 339 g/mol. The molecule has 0 unspecified atom stereocenters. The number of rotatable bonds is 3. The maximum absolute atomic E-state index is 14.3. The van der Waals surface area contributed by atoms with E-state index < -0.39 is 17.6 Å². The van der Waals surface area contributed by atoms with Gasteiger partial charge in [-0.05, 0) is 42.1 Å². The van der Waals surface area contributed by atoms with E-state index in [1.165, 1.54) is 37.6 Å². The van der Waals surface area contributed by atoms with Crippen molar-refractivity contribution in [3.63, 3.8) is 0 Å². The summed E-state index contributed by atoms with van der Waals surface area (Å²) in [5.74, 6) is -1.98. The van der Waals surface area contributed by atoms with E-state index in [1.807, 2.05) is 6.92 Å². The minimum absolute atomic E-state index is 0.126. The second-order valence-corrected chi connectivity index (χ2v) is 5.65. The Kier molecular flexibility index (Phi) is 4.31. The monoisotopic (exact) mass is 339 g/mol. The van der Waals surface area contributed by atoms with Crippen molar-refractivity contribution in [2.24, 2.45) is 0 Å². The van der Waals surface area contributed by atoms with Crippen molar-refractivity contribution >= 4 is 22.3 Å². The second-order valence-electron chi connectivity index (χ2n) is 5.65. The lowest BCUT2D eigenvalue weighted by Crippen LogP contribution is -2.02. The molecule has 0 bridgehead atoms. The van der Waals surface area contributed by atoms with Crippen LogP contribution >= 0.6 is 0 Å². The van der Waals surface area contributed by atoms with Crippen LogP contribution in [0.2, 0.25) is 0 Å². The first-order chi connectivity index (χ1) is 11.9. The largest absolute Gasteiger partial charge is 0.465 e. The Bertz CT molecular complexity index is 992. The molecule has 3 aromatic rings. The molecule has 1 heterocycles. The number of esters is 1. The molecule has 0 amide bonds. The van der Waals surface area contributed by atoms with E-state index in [9.17, 15) is 13.6 Å². The third kappa shape index (κ3) is 2.89. The number of hydrogen-bond donors (Lipinski definition) is 0.